The van der Waals surface area contributed by atoms with Crippen molar-refractivity contribution in [3.05, 3.63) is 35.9 Å². The number of aliphatic carboxylic acids is 1. The molecule has 0 aliphatic rings. The number of benzene rings is 1. The summed E-state index contributed by atoms with van der Waals surface area (Å²) in [5.41, 5.74) is 0.923. The molecule has 0 saturated heterocycles. The van der Waals surface area contributed by atoms with Gasteiger partial charge < -0.3 is 5.11 Å². The van der Waals surface area contributed by atoms with Gasteiger partial charge >= 0.3 is 5.97 Å². The number of sulfonamides is 1. The molecule has 1 aromatic rings. The molecule has 0 bridgehead atoms. The van der Waals surface area contributed by atoms with Crippen molar-refractivity contribution in [1.29, 1.82) is 0 Å². The Hall–Kier alpha value is -1.40. The van der Waals surface area contributed by atoms with E-state index in [-0.39, 0.29) is 24.0 Å². The van der Waals surface area contributed by atoms with E-state index < -0.39 is 22.0 Å². The molecule has 1 rings (SSSR count). The highest BCUT2D eigenvalue weighted by Crippen LogP contribution is 2.19. The van der Waals surface area contributed by atoms with Gasteiger partial charge in [0.15, 0.2) is 0 Å². The Bertz CT molecular complexity index is 591. The van der Waals surface area contributed by atoms with E-state index in [2.05, 4.69) is 4.72 Å². The van der Waals surface area contributed by atoms with E-state index in [0.29, 0.717) is 12.8 Å². The van der Waals surface area contributed by atoms with Crippen molar-refractivity contribution < 1.29 is 18.3 Å². The van der Waals surface area contributed by atoms with Crippen LogP contribution in [0.2, 0.25) is 0 Å². The standard InChI is InChI=1S/C17H27NO4S/c1-17(2,3)11-12-23(21,22)18-15(9-10-16(19)20)13-14-7-5-4-6-8-14/h4-8,15,18H,9-13H2,1-3H3,(H,19,20). The minimum absolute atomic E-state index is 0.0505. The van der Waals surface area contributed by atoms with Gasteiger partial charge in [0.05, 0.1) is 5.75 Å². The van der Waals surface area contributed by atoms with Gasteiger partial charge in [-0.25, -0.2) is 13.1 Å². The summed E-state index contributed by atoms with van der Waals surface area (Å²) in [6, 6.07) is 9.09. The average molecular weight is 341 g/mol. The first-order chi connectivity index (χ1) is 10.6. The summed E-state index contributed by atoms with van der Waals surface area (Å²) in [4.78, 5) is 10.8. The molecule has 1 aromatic carbocycles. The van der Waals surface area contributed by atoms with Crippen molar-refractivity contribution in [1.82, 2.24) is 4.72 Å². The summed E-state index contributed by atoms with van der Waals surface area (Å²) in [6.07, 6.45) is 1.26. The Labute approximate surface area is 139 Å². The van der Waals surface area contributed by atoms with E-state index in [4.69, 9.17) is 5.11 Å². The maximum atomic E-state index is 12.3. The molecule has 5 nitrogen and oxygen atoms in total. The number of nitrogens with one attached hydrogen (secondary N) is 1. The third kappa shape index (κ3) is 9.36. The molecule has 0 saturated carbocycles. The molecule has 2 N–H and O–H groups in total. The lowest BCUT2D eigenvalue weighted by atomic mass is 9.94. The van der Waals surface area contributed by atoms with E-state index in [9.17, 15) is 13.2 Å². The van der Waals surface area contributed by atoms with Crippen LogP contribution in [0.5, 0.6) is 0 Å². The zero-order valence-electron chi connectivity index (χ0n) is 14.1. The van der Waals surface area contributed by atoms with Crippen molar-refractivity contribution in [3.63, 3.8) is 0 Å². The number of hydrogen-bond acceptors (Lipinski definition) is 3. The predicted molar refractivity (Wildman–Crippen MR) is 91.8 cm³/mol. The highest BCUT2D eigenvalue weighted by molar-refractivity contribution is 7.89. The Kier molecular flexibility index (Phi) is 7.22. The molecule has 0 spiro atoms. The number of carbonyl (C=O) groups is 1. The molecule has 0 aliphatic carbocycles. The Morgan fingerprint density at radius 2 is 1.83 bits per heavy atom. The number of hydrogen-bond donors (Lipinski definition) is 2. The number of carboxylic acid groups (broad SMARTS) is 1. The second kappa shape index (κ2) is 8.45. The van der Waals surface area contributed by atoms with Crippen LogP contribution in [0.3, 0.4) is 0 Å². The zero-order chi connectivity index (χ0) is 17.5. The van der Waals surface area contributed by atoms with Crippen LogP contribution in [-0.4, -0.2) is 31.3 Å². The van der Waals surface area contributed by atoms with Gasteiger partial charge in [-0.2, -0.15) is 0 Å². The first kappa shape index (κ1) is 19.6. The third-order valence-corrected chi connectivity index (χ3v) is 4.93. The van der Waals surface area contributed by atoms with Gasteiger partial charge in [-0.3, -0.25) is 4.79 Å². The molecule has 1 atom stereocenters. The molecular weight excluding hydrogens is 314 g/mol. The maximum Gasteiger partial charge on any atom is 0.303 e. The molecule has 0 radical (unpaired) electrons. The van der Waals surface area contributed by atoms with Gasteiger partial charge in [-0.15, -0.1) is 0 Å². The fourth-order valence-corrected chi connectivity index (χ4v) is 3.86. The van der Waals surface area contributed by atoms with Crippen LogP contribution in [0.1, 0.15) is 45.6 Å². The third-order valence-electron chi connectivity index (χ3n) is 3.50. The summed E-state index contributed by atoms with van der Waals surface area (Å²) in [6.45, 7) is 5.98. The van der Waals surface area contributed by atoms with Crippen LogP contribution in [-0.2, 0) is 21.2 Å². The van der Waals surface area contributed by atoms with Crippen LogP contribution in [0.4, 0.5) is 0 Å². The lowest BCUT2D eigenvalue weighted by molar-refractivity contribution is -0.137. The van der Waals surface area contributed by atoms with Crippen LogP contribution in [0.25, 0.3) is 0 Å². The van der Waals surface area contributed by atoms with Gasteiger partial charge in [0.2, 0.25) is 10.0 Å². The summed E-state index contributed by atoms with van der Waals surface area (Å²) in [5.74, 6) is -0.869. The summed E-state index contributed by atoms with van der Waals surface area (Å²) in [7, 11) is -3.42. The van der Waals surface area contributed by atoms with Crippen molar-refractivity contribution >= 4 is 16.0 Å². The monoisotopic (exact) mass is 341 g/mol. The van der Waals surface area contributed by atoms with Crippen molar-refractivity contribution in [2.75, 3.05) is 5.75 Å². The minimum atomic E-state index is -3.42. The predicted octanol–water partition coefficient (Wildman–Crippen LogP) is 2.82. The van der Waals surface area contributed by atoms with Gasteiger partial charge in [-0.05, 0) is 30.2 Å². The molecule has 0 heterocycles. The molecule has 130 valence electrons. The molecule has 0 aromatic heterocycles. The minimum Gasteiger partial charge on any atom is -0.481 e. The molecule has 1 unspecified atom stereocenters. The average Bonchev–Trinajstić information content (AvgIpc) is 2.43. The molecule has 0 amide bonds. The second-order valence-corrected chi connectivity index (χ2v) is 8.94. The van der Waals surface area contributed by atoms with Crippen molar-refractivity contribution in [2.24, 2.45) is 5.41 Å². The van der Waals surface area contributed by atoms with Crippen LogP contribution < -0.4 is 4.72 Å². The molecule has 6 heteroatoms. The van der Waals surface area contributed by atoms with Crippen LogP contribution >= 0.6 is 0 Å². The maximum absolute atomic E-state index is 12.3. The second-order valence-electron chi connectivity index (χ2n) is 7.07. The number of rotatable bonds is 9. The lowest BCUT2D eigenvalue weighted by Gasteiger charge is -2.21. The highest BCUT2D eigenvalue weighted by Gasteiger charge is 2.22. The first-order valence-corrected chi connectivity index (χ1v) is 9.48. The fraction of sp³-hybridized carbons (Fsp3) is 0.588. The summed E-state index contributed by atoms with van der Waals surface area (Å²) in [5, 5.41) is 8.86. The van der Waals surface area contributed by atoms with E-state index >= 15 is 0 Å². The van der Waals surface area contributed by atoms with Gasteiger partial charge in [0.25, 0.3) is 0 Å². The van der Waals surface area contributed by atoms with E-state index in [1.165, 1.54) is 0 Å². The molecule has 0 fully saturated rings. The normalized spacial score (nSPS) is 13.7. The topological polar surface area (TPSA) is 83.5 Å². The SMILES string of the molecule is CC(C)(C)CCS(=O)(=O)NC(CCC(=O)O)Cc1ccccc1. The molecule has 0 aliphatic heterocycles. The van der Waals surface area contributed by atoms with Crippen molar-refractivity contribution in [2.45, 2.75) is 52.5 Å². The van der Waals surface area contributed by atoms with E-state index in [0.717, 1.165) is 5.56 Å². The molecule has 23 heavy (non-hydrogen) atoms. The largest absolute Gasteiger partial charge is 0.481 e. The van der Waals surface area contributed by atoms with Crippen LogP contribution in [0.15, 0.2) is 30.3 Å². The van der Waals surface area contributed by atoms with Crippen molar-refractivity contribution in [3.8, 4) is 0 Å². The Balaban J connectivity index is 2.73. The Morgan fingerprint density at radius 3 is 2.35 bits per heavy atom. The van der Waals surface area contributed by atoms with Gasteiger partial charge in [-0.1, -0.05) is 51.1 Å². The summed E-state index contributed by atoms with van der Waals surface area (Å²) >= 11 is 0. The number of carboxylic acids is 1. The van der Waals surface area contributed by atoms with E-state index in [1.807, 2.05) is 51.1 Å². The zero-order valence-corrected chi connectivity index (χ0v) is 14.9. The quantitative estimate of drug-likeness (QED) is 0.723. The first-order valence-electron chi connectivity index (χ1n) is 7.83. The van der Waals surface area contributed by atoms with Crippen LogP contribution in [0, 0.1) is 5.41 Å². The van der Waals surface area contributed by atoms with E-state index in [1.54, 1.807) is 0 Å². The molecular formula is C17H27NO4S. The lowest BCUT2D eigenvalue weighted by Crippen LogP contribution is -2.38. The fourth-order valence-electron chi connectivity index (χ4n) is 2.15. The summed E-state index contributed by atoms with van der Waals surface area (Å²) < 4.78 is 27.2. The highest BCUT2D eigenvalue weighted by atomic mass is 32.2. The van der Waals surface area contributed by atoms with Gasteiger partial charge in [0.1, 0.15) is 0 Å². The smallest absolute Gasteiger partial charge is 0.303 e. The Morgan fingerprint density at radius 1 is 1.22 bits per heavy atom. The van der Waals surface area contributed by atoms with Gasteiger partial charge in [0, 0.05) is 12.5 Å².